The molecule has 2 aromatic carbocycles. The Bertz CT molecular complexity index is 697. The fraction of sp³-hybridized carbons (Fsp3) is 0.273. The lowest BCUT2D eigenvalue weighted by atomic mass is 10.1. The molecule has 0 aliphatic heterocycles. The molecule has 0 saturated heterocycles. The average Bonchev–Trinajstić information content (AvgIpc) is 2.71. The van der Waals surface area contributed by atoms with E-state index in [1.807, 2.05) is 6.07 Å². The monoisotopic (exact) mass is 346 g/mol. The Morgan fingerprint density at radius 2 is 1.08 bits per heavy atom. The maximum atomic E-state index is 4.30. The molecule has 26 heavy (non-hydrogen) atoms. The molecule has 0 atom stereocenters. The Morgan fingerprint density at radius 1 is 0.615 bits per heavy atom. The van der Waals surface area contributed by atoms with Crippen molar-refractivity contribution < 1.29 is 0 Å². The van der Waals surface area contributed by atoms with Crippen LogP contribution in [0.1, 0.15) is 24.0 Å². The summed E-state index contributed by atoms with van der Waals surface area (Å²) in [6, 6.07) is 23.1. The van der Waals surface area contributed by atoms with E-state index in [0.29, 0.717) is 0 Å². The molecule has 134 valence electrons. The molecule has 3 rings (SSSR count). The van der Waals surface area contributed by atoms with E-state index in [4.69, 9.17) is 0 Å². The van der Waals surface area contributed by atoms with Gasteiger partial charge in [-0.2, -0.15) is 0 Å². The molecule has 2 N–H and O–H groups in total. The Hall–Kier alpha value is -2.88. The quantitative estimate of drug-likeness (QED) is 0.528. The van der Waals surface area contributed by atoms with Crippen LogP contribution in [0.15, 0.2) is 73.1 Å². The van der Waals surface area contributed by atoms with Gasteiger partial charge in [0, 0.05) is 19.2 Å². The topological polar surface area (TPSA) is 49.8 Å². The molecule has 4 heteroatoms. The summed E-state index contributed by atoms with van der Waals surface area (Å²) in [7, 11) is 0. The summed E-state index contributed by atoms with van der Waals surface area (Å²) in [5, 5.41) is 6.76. The van der Waals surface area contributed by atoms with Gasteiger partial charge in [-0.1, -0.05) is 60.7 Å². The van der Waals surface area contributed by atoms with E-state index in [-0.39, 0.29) is 0 Å². The van der Waals surface area contributed by atoms with Crippen molar-refractivity contribution in [1.82, 2.24) is 9.97 Å². The van der Waals surface area contributed by atoms with Gasteiger partial charge in [0.05, 0.1) is 0 Å². The maximum absolute atomic E-state index is 4.30. The molecule has 3 aromatic rings. The molecule has 1 heterocycles. The highest BCUT2D eigenvalue weighted by Crippen LogP contribution is 2.10. The summed E-state index contributed by atoms with van der Waals surface area (Å²) in [5.41, 5.74) is 2.75. The van der Waals surface area contributed by atoms with E-state index in [2.05, 4.69) is 81.3 Å². The minimum atomic E-state index is 0.874. The number of benzene rings is 2. The summed E-state index contributed by atoms with van der Waals surface area (Å²) in [4.78, 5) is 8.60. The third-order valence-corrected chi connectivity index (χ3v) is 4.25. The Labute approximate surface area is 155 Å². The van der Waals surface area contributed by atoms with Gasteiger partial charge in [-0.05, 0) is 36.8 Å². The molecule has 0 fully saturated rings. The number of hydrogen-bond acceptors (Lipinski definition) is 4. The first kappa shape index (κ1) is 17.9. The molecule has 0 radical (unpaired) electrons. The van der Waals surface area contributed by atoms with E-state index in [1.54, 1.807) is 6.33 Å². The maximum Gasteiger partial charge on any atom is 0.131 e. The van der Waals surface area contributed by atoms with Crippen molar-refractivity contribution in [2.75, 3.05) is 23.7 Å². The highest BCUT2D eigenvalue weighted by molar-refractivity contribution is 5.46. The van der Waals surface area contributed by atoms with Crippen LogP contribution in [0.2, 0.25) is 0 Å². The molecule has 0 spiro atoms. The van der Waals surface area contributed by atoms with Gasteiger partial charge >= 0.3 is 0 Å². The molecule has 0 unspecified atom stereocenters. The standard InChI is InChI=1S/C22H26N4/c1-3-9-19(10-4-1)13-7-15-23-21-17-22(26-18-25-21)24-16-8-14-20-11-5-2-6-12-20/h1-6,9-12,17-18H,7-8,13-16H2,(H2,23,24,25,26). The number of rotatable bonds is 10. The van der Waals surface area contributed by atoms with Crippen LogP contribution in [0, 0.1) is 0 Å². The van der Waals surface area contributed by atoms with Crippen molar-refractivity contribution in [3.63, 3.8) is 0 Å². The SMILES string of the molecule is c1ccc(CCCNc2cc(NCCCc3ccccc3)ncn2)cc1. The lowest BCUT2D eigenvalue weighted by Crippen LogP contribution is -2.08. The van der Waals surface area contributed by atoms with Gasteiger partial charge < -0.3 is 10.6 Å². The number of aryl methyl sites for hydroxylation is 2. The van der Waals surface area contributed by atoms with E-state index in [1.165, 1.54) is 11.1 Å². The second-order valence-corrected chi connectivity index (χ2v) is 6.32. The predicted octanol–water partition coefficient (Wildman–Crippen LogP) is 4.57. The third kappa shape index (κ3) is 6.20. The molecule has 4 nitrogen and oxygen atoms in total. The Kier molecular flexibility index (Phi) is 7.02. The van der Waals surface area contributed by atoms with Crippen molar-refractivity contribution in [3.8, 4) is 0 Å². The van der Waals surface area contributed by atoms with Gasteiger partial charge in [-0.25, -0.2) is 9.97 Å². The summed E-state index contributed by atoms with van der Waals surface area (Å²) in [6.45, 7) is 1.80. The van der Waals surface area contributed by atoms with Crippen molar-refractivity contribution >= 4 is 11.6 Å². The normalized spacial score (nSPS) is 10.5. The van der Waals surface area contributed by atoms with E-state index in [9.17, 15) is 0 Å². The molecule has 0 saturated carbocycles. The number of hydrogen-bond donors (Lipinski definition) is 2. The minimum Gasteiger partial charge on any atom is -0.370 e. The fourth-order valence-corrected chi connectivity index (χ4v) is 2.86. The minimum absolute atomic E-state index is 0.874. The smallest absolute Gasteiger partial charge is 0.131 e. The largest absolute Gasteiger partial charge is 0.370 e. The van der Waals surface area contributed by atoms with Crippen LogP contribution in [0.25, 0.3) is 0 Å². The lowest BCUT2D eigenvalue weighted by molar-refractivity contribution is 0.852. The van der Waals surface area contributed by atoms with Crippen LogP contribution in [0.4, 0.5) is 11.6 Å². The molecule has 0 aliphatic rings. The van der Waals surface area contributed by atoms with Crippen LogP contribution < -0.4 is 10.6 Å². The summed E-state index contributed by atoms with van der Waals surface area (Å²) in [5.74, 6) is 1.75. The fourth-order valence-electron chi connectivity index (χ4n) is 2.86. The zero-order valence-corrected chi connectivity index (χ0v) is 15.1. The van der Waals surface area contributed by atoms with Crippen molar-refractivity contribution in [3.05, 3.63) is 84.2 Å². The zero-order valence-electron chi connectivity index (χ0n) is 15.1. The van der Waals surface area contributed by atoms with E-state index >= 15 is 0 Å². The highest BCUT2D eigenvalue weighted by atomic mass is 15.1. The highest BCUT2D eigenvalue weighted by Gasteiger charge is 1.99. The van der Waals surface area contributed by atoms with Crippen molar-refractivity contribution in [2.45, 2.75) is 25.7 Å². The van der Waals surface area contributed by atoms with Gasteiger partial charge in [0.25, 0.3) is 0 Å². The molecule has 0 bridgehead atoms. The number of nitrogens with one attached hydrogen (secondary N) is 2. The summed E-state index contributed by atoms with van der Waals surface area (Å²) in [6.07, 6.45) is 5.91. The van der Waals surface area contributed by atoms with Crippen molar-refractivity contribution in [1.29, 1.82) is 0 Å². The second kappa shape index (κ2) is 10.2. The summed E-state index contributed by atoms with van der Waals surface area (Å²) >= 11 is 0. The van der Waals surface area contributed by atoms with Crippen molar-refractivity contribution in [2.24, 2.45) is 0 Å². The van der Waals surface area contributed by atoms with Crippen LogP contribution in [0.5, 0.6) is 0 Å². The first-order valence-corrected chi connectivity index (χ1v) is 9.28. The second-order valence-electron chi connectivity index (χ2n) is 6.32. The van der Waals surface area contributed by atoms with Crippen LogP contribution in [-0.2, 0) is 12.8 Å². The Balaban J connectivity index is 1.36. The molecular weight excluding hydrogens is 320 g/mol. The van der Waals surface area contributed by atoms with Gasteiger partial charge in [0.1, 0.15) is 18.0 Å². The average molecular weight is 346 g/mol. The Morgan fingerprint density at radius 3 is 1.54 bits per heavy atom. The third-order valence-electron chi connectivity index (χ3n) is 4.25. The molecule has 0 aliphatic carbocycles. The number of aromatic nitrogens is 2. The van der Waals surface area contributed by atoms with Crippen LogP contribution in [-0.4, -0.2) is 23.1 Å². The number of nitrogens with zero attached hydrogens (tertiary/aromatic N) is 2. The first-order chi connectivity index (χ1) is 12.9. The molecule has 1 aromatic heterocycles. The number of anilines is 2. The van der Waals surface area contributed by atoms with Gasteiger partial charge in [-0.15, -0.1) is 0 Å². The first-order valence-electron chi connectivity index (χ1n) is 9.28. The van der Waals surface area contributed by atoms with E-state index in [0.717, 1.165) is 50.4 Å². The van der Waals surface area contributed by atoms with Crippen LogP contribution in [0.3, 0.4) is 0 Å². The summed E-state index contributed by atoms with van der Waals surface area (Å²) < 4.78 is 0. The zero-order chi connectivity index (χ0) is 17.9. The predicted molar refractivity (Wildman–Crippen MR) is 109 cm³/mol. The lowest BCUT2D eigenvalue weighted by Gasteiger charge is -2.09. The van der Waals surface area contributed by atoms with E-state index < -0.39 is 0 Å². The van der Waals surface area contributed by atoms with Gasteiger partial charge in [-0.3, -0.25) is 0 Å². The molecule has 0 amide bonds. The van der Waals surface area contributed by atoms with Gasteiger partial charge in [0.2, 0.25) is 0 Å². The van der Waals surface area contributed by atoms with Crippen LogP contribution >= 0.6 is 0 Å². The van der Waals surface area contributed by atoms with Gasteiger partial charge in [0.15, 0.2) is 0 Å². The molecular formula is C22H26N4.